The predicted molar refractivity (Wildman–Crippen MR) is 67.9 cm³/mol. The number of pyridine rings is 1. The Morgan fingerprint density at radius 1 is 1.29 bits per heavy atom. The lowest BCUT2D eigenvalue weighted by Crippen LogP contribution is -2.20. The van der Waals surface area contributed by atoms with Crippen molar-refractivity contribution in [3.05, 3.63) is 46.8 Å². The number of aromatic nitrogens is 1. The third-order valence-corrected chi connectivity index (χ3v) is 2.61. The lowest BCUT2D eigenvalue weighted by molar-refractivity contribution is 0.475. The third-order valence-electron chi connectivity index (χ3n) is 2.61. The molecule has 0 spiro atoms. The van der Waals surface area contributed by atoms with E-state index < -0.39 is 0 Å². The highest BCUT2D eigenvalue weighted by molar-refractivity contribution is 5.65. The fourth-order valence-corrected chi connectivity index (χ4v) is 1.85. The van der Waals surface area contributed by atoms with Crippen LogP contribution < -0.4 is 11.3 Å². The van der Waals surface area contributed by atoms with Gasteiger partial charge in [0.2, 0.25) is 0 Å². The van der Waals surface area contributed by atoms with E-state index in [1.54, 1.807) is 28.8 Å². The molecule has 0 aliphatic carbocycles. The number of benzene rings is 1. The van der Waals surface area contributed by atoms with Gasteiger partial charge >= 0.3 is 0 Å². The Morgan fingerprint density at radius 3 is 2.71 bits per heavy atom. The van der Waals surface area contributed by atoms with E-state index in [1.165, 1.54) is 6.07 Å². The lowest BCUT2D eigenvalue weighted by Gasteiger charge is -2.11. The second kappa shape index (κ2) is 4.33. The van der Waals surface area contributed by atoms with Crippen LogP contribution in [0.1, 0.15) is 6.92 Å². The summed E-state index contributed by atoms with van der Waals surface area (Å²) in [6.45, 7) is 2.45. The van der Waals surface area contributed by atoms with Gasteiger partial charge in [-0.2, -0.15) is 0 Å². The molecular formula is C13H14N2O2. The van der Waals surface area contributed by atoms with Crippen molar-refractivity contribution >= 4 is 5.69 Å². The first-order valence-electron chi connectivity index (χ1n) is 5.41. The summed E-state index contributed by atoms with van der Waals surface area (Å²) in [5, 5.41) is 9.46. The summed E-state index contributed by atoms with van der Waals surface area (Å²) in [4.78, 5) is 11.8. The van der Waals surface area contributed by atoms with Gasteiger partial charge in [-0.05, 0) is 25.1 Å². The standard InChI is InChI=1S/C13H14N2O2/c1-2-15-12(7-10(14)8-13(15)17)9-4-3-5-11(16)6-9/h3-8,16H,2,14H2,1H3. The normalized spacial score (nSPS) is 10.4. The Morgan fingerprint density at radius 2 is 2.06 bits per heavy atom. The van der Waals surface area contributed by atoms with Crippen LogP contribution in [0.4, 0.5) is 5.69 Å². The summed E-state index contributed by atoms with van der Waals surface area (Å²) in [6.07, 6.45) is 0. The van der Waals surface area contributed by atoms with E-state index in [2.05, 4.69) is 0 Å². The molecule has 0 unspecified atom stereocenters. The molecule has 1 aromatic carbocycles. The molecule has 2 aromatic rings. The zero-order valence-corrected chi connectivity index (χ0v) is 9.55. The van der Waals surface area contributed by atoms with Crippen molar-refractivity contribution in [2.24, 2.45) is 0 Å². The molecule has 3 N–H and O–H groups in total. The van der Waals surface area contributed by atoms with E-state index in [4.69, 9.17) is 5.73 Å². The van der Waals surface area contributed by atoms with Crippen LogP contribution in [0.25, 0.3) is 11.3 Å². The van der Waals surface area contributed by atoms with Crippen LogP contribution in [-0.4, -0.2) is 9.67 Å². The van der Waals surface area contributed by atoms with Gasteiger partial charge in [0.25, 0.3) is 5.56 Å². The number of aromatic hydroxyl groups is 1. The molecule has 4 nitrogen and oxygen atoms in total. The maximum Gasteiger partial charge on any atom is 0.253 e. The van der Waals surface area contributed by atoms with Crippen LogP contribution in [0.2, 0.25) is 0 Å². The average molecular weight is 230 g/mol. The molecule has 4 heteroatoms. The van der Waals surface area contributed by atoms with Crippen LogP contribution in [0, 0.1) is 0 Å². The number of rotatable bonds is 2. The van der Waals surface area contributed by atoms with Crippen molar-refractivity contribution in [2.45, 2.75) is 13.5 Å². The first-order chi connectivity index (χ1) is 8.11. The molecule has 1 heterocycles. The Bertz CT molecular complexity index is 603. The van der Waals surface area contributed by atoms with E-state index in [1.807, 2.05) is 13.0 Å². The Labute approximate surface area is 98.9 Å². The Balaban J connectivity index is 2.70. The number of hydrogen-bond acceptors (Lipinski definition) is 3. The topological polar surface area (TPSA) is 68.2 Å². The van der Waals surface area contributed by atoms with Crippen LogP contribution >= 0.6 is 0 Å². The van der Waals surface area contributed by atoms with E-state index in [-0.39, 0.29) is 11.3 Å². The SMILES string of the molecule is CCn1c(-c2cccc(O)c2)cc(N)cc1=O. The van der Waals surface area contributed by atoms with Gasteiger partial charge in [-0.15, -0.1) is 0 Å². The van der Waals surface area contributed by atoms with E-state index in [0.717, 1.165) is 5.56 Å². The van der Waals surface area contributed by atoms with E-state index >= 15 is 0 Å². The van der Waals surface area contributed by atoms with Gasteiger partial charge in [0.05, 0.1) is 5.69 Å². The summed E-state index contributed by atoms with van der Waals surface area (Å²) in [5.41, 5.74) is 7.47. The molecule has 1 aromatic heterocycles. The predicted octanol–water partition coefficient (Wildman–Crippen LogP) is 1.82. The van der Waals surface area contributed by atoms with Crippen LogP contribution in [0.3, 0.4) is 0 Å². The molecule has 0 saturated heterocycles. The minimum Gasteiger partial charge on any atom is -0.508 e. The number of phenols is 1. The van der Waals surface area contributed by atoms with Crippen molar-refractivity contribution < 1.29 is 5.11 Å². The van der Waals surface area contributed by atoms with Crippen LogP contribution in [-0.2, 0) is 6.54 Å². The first kappa shape index (κ1) is 11.3. The summed E-state index contributed by atoms with van der Waals surface area (Å²) in [5.74, 6) is 0.167. The molecule has 17 heavy (non-hydrogen) atoms. The molecule has 0 radical (unpaired) electrons. The van der Waals surface area contributed by atoms with Gasteiger partial charge in [-0.25, -0.2) is 0 Å². The van der Waals surface area contributed by atoms with Crippen molar-refractivity contribution in [3.8, 4) is 17.0 Å². The maximum atomic E-state index is 11.8. The Kier molecular flexibility index (Phi) is 2.87. The first-order valence-corrected chi connectivity index (χ1v) is 5.41. The maximum absolute atomic E-state index is 11.8. The fraction of sp³-hybridized carbons (Fsp3) is 0.154. The number of nitrogens with two attached hydrogens (primary N) is 1. The monoisotopic (exact) mass is 230 g/mol. The molecule has 0 aliphatic heterocycles. The minimum absolute atomic E-state index is 0.133. The average Bonchev–Trinajstić information content (AvgIpc) is 2.28. The molecule has 0 amide bonds. The molecule has 0 bridgehead atoms. The number of phenolic OH excluding ortho intramolecular Hbond substituents is 1. The summed E-state index contributed by atoms with van der Waals surface area (Å²) in [7, 11) is 0. The zero-order valence-electron chi connectivity index (χ0n) is 9.55. The summed E-state index contributed by atoms with van der Waals surface area (Å²) in [6, 6.07) is 9.90. The smallest absolute Gasteiger partial charge is 0.253 e. The highest BCUT2D eigenvalue weighted by atomic mass is 16.3. The second-order valence-corrected chi connectivity index (χ2v) is 3.81. The van der Waals surface area contributed by atoms with Gasteiger partial charge < -0.3 is 15.4 Å². The molecule has 0 atom stereocenters. The fourth-order valence-electron chi connectivity index (χ4n) is 1.85. The summed E-state index contributed by atoms with van der Waals surface area (Å²) < 4.78 is 1.62. The number of nitrogen functional groups attached to an aromatic ring is 1. The van der Waals surface area contributed by atoms with Gasteiger partial charge in [0.1, 0.15) is 5.75 Å². The zero-order chi connectivity index (χ0) is 12.4. The van der Waals surface area contributed by atoms with Gasteiger partial charge in [0, 0.05) is 23.9 Å². The Hall–Kier alpha value is -2.23. The third kappa shape index (κ3) is 2.15. The summed E-state index contributed by atoms with van der Waals surface area (Å²) >= 11 is 0. The minimum atomic E-state index is -0.133. The van der Waals surface area contributed by atoms with Crippen molar-refractivity contribution in [1.82, 2.24) is 4.57 Å². The highest BCUT2D eigenvalue weighted by Gasteiger charge is 2.07. The number of anilines is 1. The van der Waals surface area contributed by atoms with Crippen molar-refractivity contribution in [3.63, 3.8) is 0 Å². The van der Waals surface area contributed by atoms with Crippen LogP contribution in [0.15, 0.2) is 41.2 Å². The second-order valence-electron chi connectivity index (χ2n) is 3.81. The van der Waals surface area contributed by atoms with E-state index in [0.29, 0.717) is 17.9 Å². The largest absolute Gasteiger partial charge is 0.508 e. The number of hydrogen-bond donors (Lipinski definition) is 2. The molecule has 2 rings (SSSR count). The molecule has 0 aliphatic rings. The molecule has 88 valence electrons. The van der Waals surface area contributed by atoms with E-state index in [9.17, 15) is 9.90 Å². The van der Waals surface area contributed by atoms with Crippen molar-refractivity contribution in [2.75, 3.05) is 5.73 Å². The molecule has 0 fully saturated rings. The number of nitrogens with zero attached hydrogens (tertiary/aromatic N) is 1. The van der Waals surface area contributed by atoms with Crippen LogP contribution in [0.5, 0.6) is 5.75 Å². The van der Waals surface area contributed by atoms with Gasteiger partial charge in [-0.1, -0.05) is 12.1 Å². The van der Waals surface area contributed by atoms with Gasteiger partial charge in [0.15, 0.2) is 0 Å². The highest BCUT2D eigenvalue weighted by Crippen LogP contribution is 2.23. The quantitative estimate of drug-likeness (QED) is 0.826. The lowest BCUT2D eigenvalue weighted by atomic mass is 10.1. The molecular weight excluding hydrogens is 216 g/mol. The van der Waals surface area contributed by atoms with Gasteiger partial charge in [-0.3, -0.25) is 4.79 Å². The molecule has 0 saturated carbocycles. The van der Waals surface area contributed by atoms with Crippen molar-refractivity contribution in [1.29, 1.82) is 0 Å².